The molecule has 3 saturated heterocycles. The van der Waals surface area contributed by atoms with Crippen molar-refractivity contribution in [2.75, 3.05) is 0 Å². The molecule has 56 valence electrons. The van der Waals surface area contributed by atoms with Crippen molar-refractivity contribution in [1.29, 1.82) is 0 Å². The first-order valence-electron chi connectivity index (χ1n) is 4.21. The van der Waals surface area contributed by atoms with Crippen LogP contribution in [0.4, 0.5) is 0 Å². The standard InChI is InChI=1S/C8H12O2/c1-2-4-3-5-7-8(10-7)6(4)9-5/h4-8H,2-3H2,1H3. The topological polar surface area (TPSA) is 21.8 Å². The molecule has 3 fully saturated rings. The summed E-state index contributed by atoms with van der Waals surface area (Å²) in [5.41, 5.74) is 0. The first kappa shape index (κ1) is 5.56. The average molecular weight is 140 g/mol. The number of ether oxygens (including phenoxy) is 2. The molecule has 0 spiro atoms. The summed E-state index contributed by atoms with van der Waals surface area (Å²) in [6.45, 7) is 2.24. The lowest BCUT2D eigenvalue weighted by Crippen LogP contribution is -2.22. The van der Waals surface area contributed by atoms with Gasteiger partial charge in [-0.1, -0.05) is 13.3 Å². The normalized spacial score (nSPS) is 62.7. The summed E-state index contributed by atoms with van der Waals surface area (Å²) in [4.78, 5) is 0. The third-order valence-corrected chi connectivity index (χ3v) is 3.11. The van der Waals surface area contributed by atoms with Gasteiger partial charge in [-0.05, 0) is 12.3 Å². The van der Waals surface area contributed by atoms with Crippen molar-refractivity contribution in [1.82, 2.24) is 0 Å². The molecule has 0 aromatic carbocycles. The van der Waals surface area contributed by atoms with E-state index in [1.807, 2.05) is 0 Å². The molecule has 2 bridgehead atoms. The highest BCUT2D eigenvalue weighted by atomic mass is 16.7. The van der Waals surface area contributed by atoms with Crippen LogP contribution in [0.15, 0.2) is 0 Å². The van der Waals surface area contributed by atoms with E-state index in [1.54, 1.807) is 0 Å². The van der Waals surface area contributed by atoms with Crippen LogP contribution in [-0.4, -0.2) is 24.4 Å². The van der Waals surface area contributed by atoms with Gasteiger partial charge in [0.25, 0.3) is 0 Å². The molecule has 0 aromatic rings. The summed E-state index contributed by atoms with van der Waals surface area (Å²) in [6, 6.07) is 0. The predicted molar refractivity (Wildman–Crippen MR) is 35.7 cm³/mol. The van der Waals surface area contributed by atoms with Crippen molar-refractivity contribution in [3.8, 4) is 0 Å². The first-order chi connectivity index (χ1) is 4.90. The molecule has 0 radical (unpaired) electrons. The third kappa shape index (κ3) is 0.487. The first-order valence-corrected chi connectivity index (χ1v) is 4.21. The van der Waals surface area contributed by atoms with Crippen molar-refractivity contribution in [3.63, 3.8) is 0 Å². The largest absolute Gasteiger partial charge is 0.369 e. The second-order valence-electron chi connectivity index (χ2n) is 3.61. The Labute approximate surface area is 60.5 Å². The molecule has 0 saturated carbocycles. The Morgan fingerprint density at radius 3 is 2.70 bits per heavy atom. The van der Waals surface area contributed by atoms with E-state index in [2.05, 4.69) is 6.92 Å². The molecular weight excluding hydrogens is 128 g/mol. The second-order valence-corrected chi connectivity index (χ2v) is 3.61. The summed E-state index contributed by atoms with van der Waals surface area (Å²) >= 11 is 0. The molecule has 0 amide bonds. The minimum absolute atomic E-state index is 0.472. The third-order valence-electron chi connectivity index (χ3n) is 3.11. The zero-order chi connectivity index (χ0) is 6.72. The Morgan fingerprint density at radius 1 is 1.20 bits per heavy atom. The highest BCUT2D eigenvalue weighted by molar-refractivity contribution is 5.10. The van der Waals surface area contributed by atoms with Gasteiger partial charge >= 0.3 is 0 Å². The van der Waals surface area contributed by atoms with Gasteiger partial charge in [0.2, 0.25) is 0 Å². The van der Waals surface area contributed by atoms with E-state index in [0.717, 1.165) is 5.92 Å². The maximum atomic E-state index is 5.71. The maximum absolute atomic E-state index is 5.71. The van der Waals surface area contributed by atoms with Crippen LogP contribution in [0.3, 0.4) is 0 Å². The second kappa shape index (κ2) is 1.56. The van der Waals surface area contributed by atoms with Crippen LogP contribution in [0, 0.1) is 5.92 Å². The number of rotatable bonds is 1. The van der Waals surface area contributed by atoms with Gasteiger partial charge in [0.05, 0.1) is 12.2 Å². The van der Waals surface area contributed by atoms with E-state index in [1.165, 1.54) is 12.8 Å². The minimum Gasteiger partial charge on any atom is -0.369 e. The van der Waals surface area contributed by atoms with Gasteiger partial charge in [-0.15, -0.1) is 0 Å². The lowest BCUT2D eigenvalue weighted by atomic mass is 9.88. The maximum Gasteiger partial charge on any atom is 0.113 e. The Bertz CT molecular complexity index is 169. The molecule has 0 N–H and O–H groups in total. The van der Waals surface area contributed by atoms with Gasteiger partial charge in [-0.3, -0.25) is 0 Å². The summed E-state index contributed by atoms with van der Waals surface area (Å²) in [5, 5.41) is 0. The molecule has 10 heavy (non-hydrogen) atoms. The lowest BCUT2D eigenvalue weighted by Gasteiger charge is -2.12. The van der Waals surface area contributed by atoms with Crippen molar-refractivity contribution >= 4 is 0 Å². The number of fused-ring (bicyclic) bond motifs is 5. The Morgan fingerprint density at radius 2 is 2.10 bits per heavy atom. The lowest BCUT2D eigenvalue weighted by molar-refractivity contribution is 0.0114. The van der Waals surface area contributed by atoms with Gasteiger partial charge in [0.15, 0.2) is 0 Å². The van der Waals surface area contributed by atoms with Crippen molar-refractivity contribution in [2.45, 2.75) is 44.2 Å². The van der Waals surface area contributed by atoms with Crippen LogP contribution < -0.4 is 0 Å². The molecule has 0 aromatic heterocycles. The summed E-state index contributed by atoms with van der Waals surface area (Å²) in [7, 11) is 0. The number of hydrogen-bond donors (Lipinski definition) is 0. The molecule has 0 aliphatic carbocycles. The van der Waals surface area contributed by atoms with Crippen LogP contribution in [0.1, 0.15) is 19.8 Å². The number of epoxide rings is 1. The minimum atomic E-state index is 0.472. The molecular formula is C8H12O2. The van der Waals surface area contributed by atoms with Gasteiger partial charge in [0.1, 0.15) is 12.2 Å². The van der Waals surface area contributed by atoms with E-state index in [0.29, 0.717) is 24.4 Å². The van der Waals surface area contributed by atoms with Crippen LogP contribution in [0.5, 0.6) is 0 Å². The fraction of sp³-hybridized carbons (Fsp3) is 1.00. The van der Waals surface area contributed by atoms with E-state index in [9.17, 15) is 0 Å². The quantitative estimate of drug-likeness (QED) is 0.506. The molecule has 5 unspecified atom stereocenters. The van der Waals surface area contributed by atoms with Crippen LogP contribution >= 0.6 is 0 Å². The molecule has 3 aliphatic heterocycles. The fourth-order valence-electron chi connectivity index (χ4n) is 2.46. The van der Waals surface area contributed by atoms with E-state index >= 15 is 0 Å². The van der Waals surface area contributed by atoms with Gasteiger partial charge in [0, 0.05) is 0 Å². The molecule has 2 nitrogen and oxygen atoms in total. The van der Waals surface area contributed by atoms with Crippen LogP contribution in [-0.2, 0) is 9.47 Å². The zero-order valence-corrected chi connectivity index (χ0v) is 6.12. The van der Waals surface area contributed by atoms with Crippen molar-refractivity contribution in [2.24, 2.45) is 5.92 Å². The highest BCUT2D eigenvalue weighted by Gasteiger charge is 2.64. The number of hydrogen-bond acceptors (Lipinski definition) is 2. The molecule has 3 aliphatic rings. The Kier molecular flexibility index (Phi) is 0.868. The van der Waals surface area contributed by atoms with Gasteiger partial charge in [-0.2, -0.15) is 0 Å². The van der Waals surface area contributed by atoms with Crippen LogP contribution in [0.25, 0.3) is 0 Å². The zero-order valence-electron chi connectivity index (χ0n) is 6.12. The Hall–Kier alpha value is -0.0800. The molecule has 3 heterocycles. The van der Waals surface area contributed by atoms with E-state index in [4.69, 9.17) is 9.47 Å². The molecule has 2 heteroatoms. The molecule has 3 rings (SSSR count). The van der Waals surface area contributed by atoms with Crippen molar-refractivity contribution < 1.29 is 9.47 Å². The van der Waals surface area contributed by atoms with Gasteiger partial charge in [-0.25, -0.2) is 0 Å². The SMILES string of the molecule is CCC1CC2OC1C1OC21. The van der Waals surface area contributed by atoms with Gasteiger partial charge < -0.3 is 9.47 Å². The Balaban J connectivity index is 1.85. The summed E-state index contributed by atoms with van der Waals surface area (Å²) in [5.74, 6) is 0.800. The molecule has 5 atom stereocenters. The van der Waals surface area contributed by atoms with Crippen LogP contribution in [0.2, 0.25) is 0 Å². The fourth-order valence-corrected chi connectivity index (χ4v) is 2.46. The predicted octanol–water partition coefficient (Wildman–Crippen LogP) is 0.951. The highest BCUT2D eigenvalue weighted by Crippen LogP contribution is 2.51. The van der Waals surface area contributed by atoms with E-state index in [-0.39, 0.29) is 0 Å². The average Bonchev–Trinajstić information content (AvgIpc) is 2.58. The van der Waals surface area contributed by atoms with Crippen molar-refractivity contribution in [3.05, 3.63) is 0 Å². The smallest absolute Gasteiger partial charge is 0.113 e. The van der Waals surface area contributed by atoms with E-state index < -0.39 is 0 Å². The summed E-state index contributed by atoms with van der Waals surface area (Å²) in [6.07, 6.45) is 4.47. The monoisotopic (exact) mass is 140 g/mol. The summed E-state index contributed by atoms with van der Waals surface area (Å²) < 4.78 is 11.2.